The molecule has 1 heterocycles. The first-order valence-corrected chi connectivity index (χ1v) is 7.50. The summed E-state index contributed by atoms with van der Waals surface area (Å²) in [6.07, 6.45) is 4.09. The number of ether oxygens (including phenoxy) is 1. The van der Waals surface area contributed by atoms with Gasteiger partial charge >= 0.3 is 5.97 Å². The molecule has 1 saturated heterocycles. The molecule has 2 amide bonds. The van der Waals surface area contributed by atoms with Gasteiger partial charge in [-0.2, -0.15) is 0 Å². The number of nitrogens with zero attached hydrogens (tertiary/aromatic N) is 1. The summed E-state index contributed by atoms with van der Waals surface area (Å²) in [7, 11) is 1.29. The minimum atomic E-state index is -0.765. The molecule has 2 aliphatic rings. The summed E-state index contributed by atoms with van der Waals surface area (Å²) in [4.78, 5) is 37.3. The molecule has 1 N–H and O–H groups in total. The first-order chi connectivity index (χ1) is 11.1. The molecule has 0 spiro atoms. The van der Waals surface area contributed by atoms with Crippen LogP contribution in [0.25, 0.3) is 0 Å². The number of rotatable bonds is 6. The second-order valence-corrected chi connectivity index (χ2v) is 5.70. The fraction of sp³-hybridized carbons (Fsp3) is 0.353. The monoisotopic (exact) mass is 314 g/mol. The van der Waals surface area contributed by atoms with E-state index in [9.17, 15) is 14.4 Å². The van der Waals surface area contributed by atoms with Gasteiger partial charge in [-0.25, -0.2) is 4.79 Å². The van der Waals surface area contributed by atoms with E-state index in [1.807, 2.05) is 42.5 Å². The Morgan fingerprint density at radius 1 is 1.26 bits per heavy atom. The van der Waals surface area contributed by atoms with Crippen molar-refractivity contribution in [3.63, 3.8) is 0 Å². The van der Waals surface area contributed by atoms with Crippen LogP contribution in [0.4, 0.5) is 0 Å². The number of hydrogen-bond acceptors (Lipinski definition) is 4. The van der Waals surface area contributed by atoms with Gasteiger partial charge in [-0.3, -0.25) is 9.59 Å². The Hall–Kier alpha value is -2.63. The maximum absolute atomic E-state index is 12.2. The zero-order valence-corrected chi connectivity index (χ0v) is 12.8. The van der Waals surface area contributed by atoms with Crippen LogP contribution >= 0.6 is 0 Å². The van der Waals surface area contributed by atoms with Crippen LogP contribution < -0.4 is 5.32 Å². The number of methoxy groups -OCH3 is 1. The number of hydrogen-bond donors (Lipinski definition) is 1. The number of nitrogens with one attached hydrogen (secondary N) is 1. The van der Waals surface area contributed by atoms with Crippen LogP contribution in [0.1, 0.15) is 5.56 Å². The Morgan fingerprint density at radius 3 is 2.57 bits per heavy atom. The fourth-order valence-electron chi connectivity index (χ4n) is 2.87. The second-order valence-electron chi connectivity index (χ2n) is 5.70. The predicted octanol–water partition coefficient (Wildman–Crippen LogP) is 0.284. The Balaban J connectivity index is 1.59. The largest absolute Gasteiger partial charge is 0.467 e. The maximum Gasteiger partial charge on any atom is 0.328 e. The quantitative estimate of drug-likeness (QED) is 0.465. The summed E-state index contributed by atoms with van der Waals surface area (Å²) in [6.45, 7) is -0.0351. The number of carbonyl (C=O) groups is 3. The van der Waals surface area contributed by atoms with Crippen LogP contribution in [0.3, 0.4) is 0 Å². The molecule has 120 valence electrons. The van der Waals surface area contributed by atoms with Gasteiger partial charge in [-0.1, -0.05) is 42.5 Å². The van der Waals surface area contributed by atoms with Crippen LogP contribution in [-0.2, 0) is 25.5 Å². The zero-order valence-electron chi connectivity index (χ0n) is 12.8. The van der Waals surface area contributed by atoms with Crippen molar-refractivity contribution in [1.82, 2.24) is 10.2 Å². The van der Waals surface area contributed by atoms with Gasteiger partial charge in [-0.05, 0) is 5.56 Å². The average Bonchev–Trinajstić information content (AvgIpc) is 2.53. The molecule has 1 aromatic rings. The van der Waals surface area contributed by atoms with E-state index in [1.165, 1.54) is 12.0 Å². The lowest BCUT2D eigenvalue weighted by Crippen LogP contribution is -2.65. The highest BCUT2D eigenvalue weighted by Crippen LogP contribution is 2.35. The normalized spacial score (nSPS) is 22.5. The SMILES string of the molecule is COC(=O)[C@H](Cc1ccccc1)NC(=O)CN1C(=O)[C@@H]2C=C[C@@H]21. The van der Waals surface area contributed by atoms with Gasteiger partial charge < -0.3 is 15.0 Å². The number of β-lactam (4-membered cyclic amide) rings is 1. The van der Waals surface area contributed by atoms with E-state index in [2.05, 4.69) is 5.32 Å². The van der Waals surface area contributed by atoms with Gasteiger partial charge in [0.05, 0.1) is 19.1 Å². The Kier molecular flexibility index (Phi) is 4.14. The van der Waals surface area contributed by atoms with E-state index < -0.39 is 12.0 Å². The van der Waals surface area contributed by atoms with E-state index in [0.717, 1.165) is 5.56 Å². The molecule has 1 aromatic carbocycles. The van der Waals surface area contributed by atoms with Crippen LogP contribution in [-0.4, -0.2) is 48.4 Å². The summed E-state index contributed by atoms with van der Waals surface area (Å²) < 4.78 is 4.76. The van der Waals surface area contributed by atoms with Gasteiger partial charge in [0.15, 0.2) is 0 Å². The predicted molar refractivity (Wildman–Crippen MR) is 82.2 cm³/mol. The molecule has 23 heavy (non-hydrogen) atoms. The highest BCUT2D eigenvalue weighted by molar-refractivity contribution is 5.95. The van der Waals surface area contributed by atoms with Crippen molar-refractivity contribution in [2.24, 2.45) is 5.92 Å². The van der Waals surface area contributed by atoms with Crippen molar-refractivity contribution >= 4 is 17.8 Å². The lowest BCUT2D eigenvalue weighted by Gasteiger charge is -2.49. The minimum Gasteiger partial charge on any atom is -0.467 e. The van der Waals surface area contributed by atoms with Crippen LogP contribution in [0.5, 0.6) is 0 Å². The number of carbonyl (C=O) groups excluding carboxylic acids is 3. The summed E-state index contributed by atoms with van der Waals surface area (Å²) in [5.74, 6) is -0.948. The van der Waals surface area contributed by atoms with Gasteiger partial charge in [0.2, 0.25) is 11.8 Å². The van der Waals surface area contributed by atoms with Crippen LogP contribution in [0, 0.1) is 5.92 Å². The van der Waals surface area contributed by atoms with Crippen molar-refractivity contribution in [1.29, 1.82) is 0 Å². The molecule has 3 rings (SSSR count). The molecular formula is C17H18N2O4. The van der Waals surface area contributed by atoms with Gasteiger partial charge in [0.25, 0.3) is 0 Å². The van der Waals surface area contributed by atoms with E-state index in [4.69, 9.17) is 4.74 Å². The summed E-state index contributed by atoms with van der Waals surface area (Å²) in [6, 6.07) is 8.65. The standard InChI is InChI=1S/C17H18N2O4/c1-23-17(22)13(9-11-5-3-2-4-6-11)18-15(20)10-19-14-8-7-12(14)16(19)21/h2-8,12-14H,9-10H2,1H3,(H,18,20)/t12-,13+,14+/m1/s1. The molecule has 0 bridgehead atoms. The maximum atomic E-state index is 12.2. The highest BCUT2D eigenvalue weighted by atomic mass is 16.5. The van der Waals surface area contributed by atoms with E-state index in [1.54, 1.807) is 0 Å². The van der Waals surface area contributed by atoms with Crippen molar-refractivity contribution in [3.8, 4) is 0 Å². The minimum absolute atomic E-state index is 0.0351. The number of fused-ring (bicyclic) bond motifs is 1. The van der Waals surface area contributed by atoms with Crippen molar-refractivity contribution in [2.45, 2.75) is 18.5 Å². The lowest BCUT2D eigenvalue weighted by molar-refractivity contribution is -0.155. The van der Waals surface area contributed by atoms with E-state index in [-0.39, 0.29) is 30.3 Å². The summed E-state index contributed by atoms with van der Waals surface area (Å²) in [5, 5.41) is 2.66. The smallest absolute Gasteiger partial charge is 0.328 e. The molecule has 1 aliphatic carbocycles. The molecule has 0 unspecified atom stereocenters. The fourth-order valence-corrected chi connectivity index (χ4v) is 2.87. The van der Waals surface area contributed by atoms with E-state index >= 15 is 0 Å². The van der Waals surface area contributed by atoms with Gasteiger partial charge in [-0.15, -0.1) is 0 Å². The molecule has 0 radical (unpaired) electrons. The number of amides is 2. The molecule has 3 atom stereocenters. The average molecular weight is 314 g/mol. The second kappa shape index (κ2) is 6.24. The Bertz CT molecular complexity index is 656. The molecule has 6 heteroatoms. The third-order valence-corrected chi connectivity index (χ3v) is 4.23. The van der Waals surface area contributed by atoms with Crippen molar-refractivity contribution in [3.05, 3.63) is 48.0 Å². The van der Waals surface area contributed by atoms with Crippen molar-refractivity contribution < 1.29 is 19.1 Å². The number of likely N-dealkylation sites (tertiary alicyclic amines) is 1. The Labute approximate surface area is 134 Å². The summed E-state index contributed by atoms with van der Waals surface area (Å²) in [5.41, 5.74) is 0.921. The molecule has 0 aromatic heterocycles. The third kappa shape index (κ3) is 2.97. The van der Waals surface area contributed by atoms with Crippen LogP contribution in [0.2, 0.25) is 0 Å². The molecular weight excluding hydrogens is 296 g/mol. The number of esters is 1. The molecule has 0 saturated carbocycles. The van der Waals surface area contributed by atoms with E-state index in [0.29, 0.717) is 6.42 Å². The van der Waals surface area contributed by atoms with Gasteiger partial charge in [0, 0.05) is 6.42 Å². The number of benzene rings is 1. The lowest BCUT2D eigenvalue weighted by atomic mass is 9.78. The highest BCUT2D eigenvalue weighted by Gasteiger charge is 2.49. The molecule has 1 fully saturated rings. The first kappa shape index (κ1) is 15.3. The topological polar surface area (TPSA) is 75.7 Å². The third-order valence-electron chi connectivity index (χ3n) is 4.23. The first-order valence-electron chi connectivity index (χ1n) is 7.50. The van der Waals surface area contributed by atoms with Crippen molar-refractivity contribution in [2.75, 3.05) is 13.7 Å². The Morgan fingerprint density at radius 2 is 2.00 bits per heavy atom. The molecule has 1 aliphatic heterocycles. The zero-order chi connectivity index (χ0) is 16.4. The van der Waals surface area contributed by atoms with Crippen LogP contribution in [0.15, 0.2) is 42.5 Å². The van der Waals surface area contributed by atoms with Gasteiger partial charge in [0.1, 0.15) is 12.6 Å². The molecule has 6 nitrogen and oxygen atoms in total. The summed E-state index contributed by atoms with van der Waals surface area (Å²) >= 11 is 0.